The maximum Gasteiger partial charge on any atom is 0.371 e. The van der Waals surface area contributed by atoms with Crippen molar-refractivity contribution in [2.75, 3.05) is 0 Å². The summed E-state index contributed by atoms with van der Waals surface area (Å²) in [5.41, 5.74) is 1.12. The predicted octanol–water partition coefficient (Wildman–Crippen LogP) is 0.925. The van der Waals surface area contributed by atoms with Crippen LogP contribution in [0.15, 0.2) is 28.7 Å². The van der Waals surface area contributed by atoms with Crippen LogP contribution < -0.4 is 5.46 Å². The molecule has 0 aliphatic rings. The van der Waals surface area contributed by atoms with E-state index >= 15 is 0 Å². The Labute approximate surface area is 75.4 Å². The Hall–Kier alpha value is -1.71. The molecule has 0 saturated heterocycles. The molecule has 13 heavy (non-hydrogen) atoms. The number of benzene rings is 1. The molecule has 0 fully saturated rings. The van der Waals surface area contributed by atoms with Crippen LogP contribution in [0, 0.1) is 0 Å². The van der Waals surface area contributed by atoms with E-state index in [2.05, 4.69) is 0 Å². The number of furan rings is 1. The molecule has 0 bridgehead atoms. The van der Waals surface area contributed by atoms with Crippen molar-refractivity contribution < 1.29 is 14.3 Å². The summed E-state index contributed by atoms with van der Waals surface area (Å²) in [5, 5.41) is 9.34. The second-order valence-corrected chi connectivity index (χ2v) is 2.71. The lowest BCUT2D eigenvalue weighted by Gasteiger charge is -1.89. The van der Waals surface area contributed by atoms with Crippen LogP contribution >= 0.6 is 0 Å². The van der Waals surface area contributed by atoms with Crippen LogP contribution in [0.5, 0.6) is 0 Å². The number of hydrogen-bond donors (Lipinski definition) is 1. The SMILES string of the molecule is [B]c1ccc2oc(C(=O)O)cc2c1. The van der Waals surface area contributed by atoms with Gasteiger partial charge in [0.25, 0.3) is 0 Å². The van der Waals surface area contributed by atoms with Crippen LogP contribution in [-0.4, -0.2) is 18.9 Å². The highest BCUT2D eigenvalue weighted by Crippen LogP contribution is 2.17. The molecule has 0 saturated carbocycles. The highest BCUT2D eigenvalue weighted by molar-refractivity contribution is 6.33. The number of carboxylic acid groups (broad SMARTS) is 1. The van der Waals surface area contributed by atoms with Crippen molar-refractivity contribution in [2.24, 2.45) is 0 Å². The van der Waals surface area contributed by atoms with Crippen molar-refractivity contribution in [1.82, 2.24) is 0 Å². The first kappa shape index (κ1) is 7.92. The van der Waals surface area contributed by atoms with Gasteiger partial charge in [-0.3, -0.25) is 0 Å². The van der Waals surface area contributed by atoms with Crippen molar-refractivity contribution >= 4 is 30.2 Å². The van der Waals surface area contributed by atoms with Gasteiger partial charge in [0.2, 0.25) is 5.76 Å². The van der Waals surface area contributed by atoms with Gasteiger partial charge in [0.1, 0.15) is 13.4 Å². The standard InChI is InChI=1S/C9H5BO3/c10-6-1-2-7-5(3-6)4-8(13-7)9(11)12/h1-4H,(H,11,12). The Balaban J connectivity index is 2.68. The molecule has 3 nitrogen and oxygen atoms in total. The Morgan fingerprint density at radius 1 is 1.38 bits per heavy atom. The van der Waals surface area contributed by atoms with E-state index in [1.807, 2.05) is 0 Å². The minimum Gasteiger partial charge on any atom is -0.475 e. The van der Waals surface area contributed by atoms with E-state index in [1.54, 1.807) is 18.2 Å². The number of hydrogen-bond acceptors (Lipinski definition) is 2. The minimum absolute atomic E-state index is 0.0689. The van der Waals surface area contributed by atoms with Crippen LogP contribution in [0.4, 0.5) is 0 Å². The van der Waals surface area contributed by atoms with Gasteiger partial charge >= 0.3 is 5.97 Å². The first-order chi connectivity index (χ1) is 6.16. The summed E-state index contributed by atoms with van der Waals surface area (Å²) in [6, 6.07) is 6.44. The number of aromatic carboxylic acids is 1. The fourth-order valence-electron chi connectivity index (χ4n) is 1.17. The van der Waals surface area contributed by atoms with Crippen LogP contribution in [0.1, 0.15) is 10.6 Å². The van der Waals surface area contributed by atoms with E-state index in [0.717, 1.165) is 0 Å². The summed E-state index contributed by atoms with van der Waals surface area (Å²) >= 11 is 0. The van der Waals surface area contributed by atoms with Crippen molar-refractivity contribution in [3.63, 3.8) is 0 Å². The summed E-state index contributed by atoms with van der Waals surface area (Å²) < 4.78 is 5.03. The van der Waals surface area contributed by atoms with E-state index in [1.165, 1.54) is 6.07 Å². The third-order valence-electron chi connectivity index (χ3n) is 1.75. The number of carbonyl (C=O) groups is 1. The molecule has 2 radical (unpaired) electrons. The fourth-order valence-corrected chi connectivity index (χ4v) is 1.17. The lowest BCUT2D eigenvalue weighted by atomic mass is 9.95. The maximum absolute atomic E-state index is 10.5. The third kappa shape index (κ3) is 1.31. The van der Waals surface area contributed by atoms with Crippen molar-refractivity contribution in [2.45, 2.75) is 0 Å². The van der Waals surface area contributed by atoms with Crippen LogP contribution in [0.3, 0.4) is 0 Å². The van der Waals surface area contributed by atoms with Gasteiger partial charge in [-0.1, -0.05) is 17.6 Å². The smallest absolute Gasteiger partial charge is 0.371 e. The van der Waals surface area contributed by atoms with Gasteiger partial charge in [-0.15, -0.1) is 0 Å². The molecule has 0 aliphatic heterocycles. The highest BCUT2D eigenvalue weighted by Gasteiger charge is 2.09. The van der Waals surface area contributed by atoms with Gasteiger partial charge in [0.05, 0.1) is 0 Å². The lowest BCUT2D eigenvalue weighted by Crippen LogP contribution is -1.98. The average Bonchev–Trinajstić information content (AvgIpc) is 2.46. The summed E-state index contributed by atoms with van der Waals surface area (Å²) in [6.45, 7) is 0. The first-order valence-corrected chi connectivity index (χ1v) is 3.69. The van der Waals surface area contributed by atoms with E-state index in [9.17, 15) is 4.79 Å². The van der Waals surface area contributed by atoms with Gasteiger partial charge in [-0.05, 0) is 12.1 Å². The molecule has 0 amide bonds. The summed E-state index contributed by atoms with van der Waals surface area (Å²) in [6.07, 6.45) is 0. The Morgan fingerprint density at radius 2 is 2.15 bits per heavy atom. The van der Waals surface area contributed by atoms with Gasteiger partial charge < -0.3 is 9.52 Å². The molecule has 0 aliphatic carbocycles. The van der Waals surface area contributed by atoms with Crippen molar-refractivity contribution in [3.8, 4) is 0 Å². The van der Waals surface area contributed by atoms with Crippen molar-refractivity contribution in [1.29, 1.82) is 0 Å². The molecule has 1 aromatic carbocycles. The molecular weight excluding hydrogens is 167 g/mol. The predicted molar refractivity (Wildman–Crippen MR) is 48.6 cm³/mol. The molecule has 0 spiro atoms. The lowest BCUT2D eigenvalue weighted by molar-refractivity contribution is 0.0665. The number of carboxylic acids is 1. The van der Waals surface area contributed by atoms with Crippen LogP contribution in [-0.2, 0) is 0 Å². The molecule has 1 N–H and O–H groups in total. The van der Waals surface area contributed by atoms with Gasteiger partial charge in [0.15, 0.2) is 0 Å². The normalized spacial score (nSPS) is 10.5. The Morgan fingerprint density at radius 3 is 2.85 bits per heavy atom. The average molecular weight is 172 g/mol. The van der Waals surface area contributed by atoms with Gasteiger partial charge in [0, 0.05) is 5.39 Å². The monoisotopic (exact) mass is 172 g/mol. The maximum atomic E-state index is 10.5. The number of fused-ring (bicyclic) bond motifs is 1. The van der Waals surface area contributed by atoms with Gasteiger partial charge in [-0.2, -0.15) is 0 Å². The highest BCUT2D eigenvalue weighted by atomic mass is 16.4. The molecule has 2 aromatic rings. The van der Waals surface area contributed by atoms with E-state index in [-0.39, 0.29) is 5.76 Å². The largest absolute Gasteiger partial charge is 0.475 e. The fraction of sp³-hybridized carbons (Fsp3) is 0. The molecule has 1 heterocycles. The molecule has 0 atom stereocenters. The third-order valence-corrected chi connectivity index (χ3v) is 1.75. The van der Waals surface area contributed by atoms with E-state index in [0.29, 0.717) is 16.4 Å². The second kappa shape index (κ2) is 2.66. The Kier molecular flexibility index (Phi) is 1.62. The molecule has 62 valence electrons. The summed E-state index contributed by atoms with van der Waals surface area (Å²) in [7, 11) is 5.52. The molecule has 0 unspecified atom stereocenters. The van der Waals surface area contributed by atoms with E-state index in [4.69, 9.17) is 17.4 Å². The van der Waals surface area contributed by atoms with Crippen LogP contribution in [0.2, 0.25) is 0 Å². The molecular formula is C9H5BO3. The second-order valence-electron chi connectivity index (χ2n) is 2.71. The van der Waals surface area contributed by atoms with Gasteiger partial charge in [-0.25, -0.2) is 4.79 Å². The molecule has 4 heteroatoms. The zero-order valence-electron chi connectivity index (χ0n) is 6.65. The zero-order chi connectivity index (χ0) is 9.42. The quantitative estimate of drug-likeness (QED) is 0.650. The number of rotatable bonds is 1. The molecule has 1 aromatic heterocycles. The minimum atomic E-state index is -1.07. The topological polar surface area (TPSA) is 50.4 Å². The Bertz CT molecular complexity index is 473. The summed E-state index contributed by atoms with van der Waals surface area (Å²) in [5.74, 6) is -1.14. The zero-order valence-corrected chi connectivity index (χ0v) is 6.65. The molecule has 2 rings (SSSR count). The van der Waals surface area contributed by atoms with E-state index < -0.39 is 5.97 Å². The van der Waals surface area contributed by atoms with Crippen molar-refractivity contribution in [3.05, 3.63) is 30.0 Å². The van der Waals surface area contributed by atoms with Crippen LogP contribution in [0.25, 0.3) is 11.0 Å². The first-order valence-electron chi connectivity index (χ1n) is 3.69. The summed E-state index contributed by atoms with van der Waals surface area (Å²) in [4.78, 5) is 10.5.